The second kappa shape index (κ2) is 5.87. The molecule has 2 rings (SSSR count). The maximum Gasteiger partial charge on any atom is 0.0928 e. The summed E-state index contributed by atoms with van der Waals surface area (Å²) in [6.45, 7) is 13.9. The van der Waals surface area contributed by atoms with Gasteiger partial charge in [-0.15, -0.1) is 0 Å². The van der Waals surface area contributed by atoms with E-state index >= 15 is 0 Å². The zero-order valence-electron chi connectivity index (χ0n) is 13.3. The summed E-state index contributed by atoms with van der Waals surface area (Å²) < 4.78 is 6.09. The summed E-state index contributed by atoms with van der Waals surface area (Å²) in [5.74, 6) is 0. The minimum atomic E-state index is -0.173. The van der Waals surface area contributed by atoms with Gasteiger partial charge in [-0.3, -0.25) is 9.80 Å². The van der Waals surface area contributed by atoms with E-state index in [1.165, 1.54) is 12.8 Å². The summed E-state index contributed by atoms with van der Waals surface area (Å²) in [4.78, 5) is 5.50. The maximum absolute atomic E-state index is 6.09. The summed E-state index contributed by atoms with van der Waals surface area (Å²) in [6.07, 6.45) is 2.76. The smallest absolute Gasteiger partial charge is 0.0928 e. The average Bonchev–Trinajstić information content (AvgIpc) is 2.69. The third-order valence-electron chi connectivity index (χ3n) is 4.78. The molecule has 0 aromatic carbocycles. The second-order valence-electron chi connectivity index (χ2n) is 7.25. The van der Waals surface area contributed by atoms with E-state index in [9.17, 15) is 0 Å². The van der Waals surface area contributed by atoms with Crippen molar-refractivity contribution in [2.45, 2.75) is 57.8 Å². The number of rotatable bonds is 4. The van der Waals surface area contributed by atoms with E-state index in [0.717, 1.165) is 32.7 Å². The minimum Gasteiger partial charge on any atom is -0.392 e. The molecule has 0 bridgehead atoms. The number of nitrogens with zero attached hydrogens (tertiary/aromatic N) is 2. The highest BCUT2D eigenvalue weighted by Gasteiger charge is 2.35. The fraction of sp³-hybridized carbons (Fsp3) is 0.933. The fourth-order valence-electron chi connectivity index (χ4n) is 3.14. The molecule has 4 nitrogen and oxygen atoms in total. The Morgan fingerprint density at radius 3 is 2.35 bits per heavy atom. The van der Waals surface area contributed by atoms with Crippen molar-refractivity contribution in [2.75, 3.05) is 32.7 Å². The van der Waals surface area contributed by atoms with Crippen LogP contribution < -0.4 is 5.73 Å². The van der Waals surface area contributed by atoms with Crippen molar-refractivity contribution in [1.82, 2.24) is 9.80 Å². The predicted molar refractivity (Wildman–Crippen MR) is 87.1 cm³/mol. The van der Waals surface area contributed by atoms with E-state index in [0.29, 0.717) is 11.1 Å². The maximum atomic E-state index is 6.09. The van der Waals surface area contributed by atoms with Crippen molar-refractivity contribution in [3.05, 3.63) is 0 Å². The van der Waals surface area contributed by atoms with Crippen LogP contribution in [-0.4, -0.2) is 64.8 Å². The Morgan fingerprint density at radius 1 is 1.30 bits per heavy atom. The van der Waals surface area contributed by atoms with E-state index in [4.69, 9.17) is 22.7 Å². The van der Waals surface area contributed by atoms with Crippen molar-refractivity contribution in [3.8, 4) is 0 Å². The Hall–Kier alpha value is -0.230. The molecular weight excluding hydrogens is 270 g/mol. The third-order valence-corrected chi connectivity index (χ3v) is 5.28. The highest BCUT2D eigenvalue weighted by molar-refractivity contribution is 7.80. The number of ether oxygens (including phenoxy) is 1. The van der Waals surface area contributed by atoms with Crippen molar-refractivity contribution < 1.29 is 4.74 Å². The Bertz CT molecular complexity index is 362. The van der Waals surface area contributed by atoms with E-state index in [1.54, 1.807) is 0 Å². The highest BCUT2D eigenvalue weighted by Crippen LogP contribution is 2.30. The first-order valence-corrected chi connectivity index (χ1v) is 8.07. The molecule has 116 valence electrons. The first-order valence-electron chi connectivity index (χ1n) is 7.66. The molecule has 20 heavy (non-hydrogen) atoms. The van der Waals surface area contributed by atoms with Crippen molar-refractivity contribution in [1.29, 1.82) is 0 Å². The Morgan fingerprint density at radius 2 is 1.90 bits per heavy atom. The van der Waals surface area contributed by atoms with E-state index in [1.807, 2.05) is 0 Å². The second-order valence-corrected chi connectivity index (χ2v) is 7.69. The Kier molecular flexibility index (Phi) is 4.74. The number of hydrogen-bond acceptors (Lipinski definition) is 4. The lowest BCUT2D eigenvalue weighted by molar-refractivity contribution is -0.0357. The zero-order valence-corrected chi connectivity index (χ0v) is 14.1. The summed E-state index contributed by atoms with van der Waals surface area (Å²) in [5.41, 5.74) is 5.75. The molecule has 2 saturated heterocycles. The molecule has 2 N–H and O–H groups in total. The van der Waals surface area contributed by atoms with E-state index in [2.05, 4.69) is 37.5 Å². The summed E-state index contributed by atoms with van der Waals surface area (Å²) >= 11 is 5.19. The molecule has 0 saturated carbocycles. The molecule has 2 fully saturated rings. The van der Waals surface area contributed by atoms with Gasteiger partial charge in [0.25, 0.3) is 0 Å². The molecule has 0 amide bonds. The Labute approximate surface area is 128 Å². The van der Waals surface area contributed by atoms with Gasteiger partial charge in [-0.05, 0) is 40.5 Å². The molecule has 0 aliphatic carbocycles. The molecule has 0 radical (unpaired) electrons. The number of nitrogens with two attached hydrogens (primary N) is 1. The summed E-state index contributed by atoms with van der Waals surface area (Å²) in [6, 6.07) is 0. The van der Waals surface area contributed by atoms with Gasteiger partial charge >= 0.3 is 0 Å². The van der Waals surface area contributed by atoms with Crippen LogP contribution in [0.15, 0.2) is 0 Å². The van der Waals surface area contributed by atoms with Gasteiger partial charge in [0.15, 0.2) is 0 Å². The van der Waals surface area contributed by atoms with Crippen LogP contribution in [0.2, 0.25) is 0 Å². The van der Waals surface area contributed by atoms with Gasteiger partial charge in [-0.2, -0.15) is 0 Å². The standard InChI is InChI=1S/C15H29N3OS/c1-14(2)6-5-12(19-14)11-17-7-9-18(10-8-17)15(3,4)13(16)20/h12H,5-11H2,1-4H3,(H2,16,20). The van der Waals surface area contributed by atoms with Gasteiger partial charge in [0.05, 0.1) is 22.2 Å². The minimum absolute atomic E-state index is 0.0697. The predicted octanol–water partition coefficient (Wildman–Crippen LogP) is 1.63. The number of piperazine rings is 1. The lowest BCUT2D eigenvalue weighted by atomic mass is 10.0. The zero-order chi connectivity index (χ0) is 15.0. The van der Waals surface area contributed by atoms with Gasteiger partial charge in [0.2, 0.25) is 0 Å². The average molecular weight is 299 g/mol. The fourth-order valence-corrected chi connectivity index (χ4v) is 3.27. The molecule has 5 heteroatoms. The van der Waals surface area contributed by atoms with Crippen molar-refractivity contribution in [2.24, 2.45) is 5.73 Å². The molecule has 1 unspecified atom stereocenters. The van der Waals surface area contributed by atoms with Crippen LogP contribution in [-0.2, 0) is 4.74 Å². The van der Waals surface area contributed by atoms with Gasteiger partial charge in [0.1, 0.15) is 0 Å². The molecule has 2 aliphatic heterocycles. The normalized spacial score (nSPS) is 28.7. The lowest BCUT2D eigenvalue weighted by Gasteiger charge is -2.43. The van der Waals surface area contributed by atoms with Gasteiger partial charge < -0.3 is 10.5 Å². The van der Waals surface area contributed by atoms with Crippen molar-refractivity contribution in [3.63, 3.8) is 0 Å². The summed E-state index contributed by atoms with van der Waals surface area (Å²) in [7, 11) is 0. The largest absolute Gasteiger partial charge is 0.392 e. The molecule has 1 atom stereocenters. The van der Waals surface area contributed by atoms with Crippen LogP contribution in [0.1, 0.15) is 40.5 Å². The quantitative estimate of drug-likeness (QED) is 0.799. The van der Waals surface area contributed by atoms with Gasteiger partial charge in [0, 0.05) is 32.7 Å². The topological polar surface area (TPSA) is 41.7 Å². The molecule has 2 aliphatic rings. The molecular formula is C15H29N3OS. The molecule has 0 aromatic heterocycles. The van der Waals surface area contributed by atoms with Crippen LogP contribution in [0.4, 0.5) is 0 Å². The molecule has 0 aromatic rings. The van der Waals surface area contributed by atoms with Crippen LogP contribution in [0, 0.1) is 0 Å². The van der Waals surface area contributed by atoms with Gasteiger partial charge in [-0.1, -0.05) is 12.2 Å². The first kappa shape index (κ1) is 16.1. The van der Waals surface area contributed by atoms with Crippen LogP contribution in [0.5, 0.6) is 0 Å². The SMILES string of the molecule is CC1(C)CCC(CN2CCN(C(C)(C)C(N)=S)CC2)O1. The van der Waals surface area contributed by atoms with Gasteiger partial charge in [-0.25, -0.2) is 0 Å². The van der Waals surface area contributed by atoms with Crippen LogP contribution >= 0.6 is 12.2 Å². The van der Waals surface area contributed by atoms with Crippen LogP contribution in [0.3, 0.4) is 0 Å². The molecule has 0 spiro atoms. The number of thiocarbonyl (C=S) groups is 1. The summed E-state index contributed by atoms with van der Waals surface area (Å²) in [5, 5.41) is 0. The highest BCUT2D eigenvalue weighted by atomic mass is 32.1. The van der Waals surface area contributed by atoms with E-state index in [-0.39, 0.29) is 11.1 Å². The van der Waals surface area contributed by atoms with E-state index < -0.39 is 0 Å². The first-order chi connectivity index (χ1) is 9.21. The number of hydrogen-bond donors (Lipinski definition) is 1. The Balaban J connectivity index is 1.79. The lowest BCUT2D eigenvalue weighted by Crippen LogP contribution is -2.59. The van der Waals surface area contributed by atoms with Crippen LogP contribution in [0.25, 0.3) is 0 Å². The monoisotopic (exact) mass is 299 g/mol. The van der Waals surface area contributed by atoms with Crippen molar-refractivity contribution >= 4 is 17.2 Å². The molecule has 2 heterocycles. The third kappa shape index (κ3) is 3.70.